The Kier molecular flexibility index (Phi) is 7.07. The molecule has 27 heavy (non-hydrogen) atoms. The summed E-state index contributed by atoms with van der Waals surface area (Å²) in [6.07, 6.45) is 0.663. The van der Waals surface area contributed by atoms with Gasteiger partial charge in [0.05, 0.1) is 7.11 Å². The first-order valence-electron chi connectivity index (χ1n) is 9.23. The number of rotatable bonds is 7. The van der Waals surface area contributed by atoms with E-state index < -0.39 is 0 Å². The molecule has 1 aliphatic heterocycles. The van der Waals surface area contributed by atoms with Crippen LogP contribution in [-0.2, 0) is 13.1 Å². The third kappa shape index (κ3) is 5.20. The third-order valence-corrected chi connectivity index (χ3v) is 5.51. The minimum absolute atomic E-state index is 0.117. The third-order valence-electron chi connectivity index (χ3n) is 5.14. The number of halogens is 2. The van der Waals surface area contributed by atoms with Gasteiger partial charge in [-0.25, -0.2) is 4.39 Å². The van der Waals surface area contributed by atoms with Gasteiger partial charge in [0.15, 0.2) is 0 Å². The van der Waals surface area contributed by atoms with E-state index in [0.29, 0.717) is 24.3 Å². The highest BCUT2D eigenvalue weighted by molar-refractivity contribution is 6.31. The quantitative estimate of drug-likeness (QED) is 0.781. The lowest BCUT2D eigenvalue weighted by Crippen LogP contribution is -2.52. The molecule has 2 aromatic rings. The Bertz CT molecular complexity index is 759. The number of benzene rings is 2. The molecule has 1 N–H and O–H groups in total. The summed E-state index contributed by atoms with van der Waals surface area (Å²) in [6.45, 7) is 3.95. The molecular weight excluding hydrogens is 367 g/mol. The van der Waals surface area contributed by atoms with Gasteiger partial charge in [0.25, 0.3) is 0 Å². The number of methoxy groups -OCH3 is 1. The lowest BCUT2D eigenvalue weighted by molar-refractivity contribution is 0.0493. The molecule has 0 bridgehead atoms. The zero-order chi connectivity index (χ0) is 19.2. The standard InChI is InChI=1S/C21H26ClFN2O2/c1-27-19-7-6-17(21(23)12-19)14-25-10-9-24(15-18(25)8-11-26)13-16-4-2-3-5-20(16)22/h2-7,12,18,26H,8-11,13-15H2,1H3/t18-/m0/s1. The van der Waals surface area contributed by atoms with Gasteiger partial charge in [-0.2, -0.15) is 0 Å². The fourth-order valence-electron chi connectivity index (χ4n) is 3.60. The fraction of sp³-hybridized carbons (Fsp3) is 0.429. The molecule has 0 aliphatic carbocycles. The van der Waals surface area contributed by atoms with Gasteiger partial charge in [0.2, 0.25) is 0 Å². The summed E-state index contributed by atoms with van der Waals surface area (Å²) in [7, 11) is 1.53. The molecule has 1 aliphatic rings. The lowest BCUT2D eigenvalue weighted by Gasteiger charge is -2.41. The molecule has 1 atom stereocenters. The summed E-state index contributed by atoms with van der Waals surface area (Å²) in [5.41, 5.74) is 1.76. The molecule has 1 heterocycles. The molecule has 0 spiro atoms. The van der Waals surface area contributed by atoms with Crippen molar-refractivity contribution in [2.75, 3.05) is 33.4 Å². The number of hydrogen-bond acceptors (Lipinski definition) is 4. The number of piperazine rings is 1. The molecule has 146 valence electrons. The van der Waals surface area contributed by atoms with E-state index in [-0.39, 0.29) is 18.5 Å². The van der Waals surface area contributed by atoms with E-state index in [1.807, 2.05) is 24.3 Å². The summed E-state index contributed by atoms with van der Waals surface area (Å²) in [5.74, 6) is 0.267. The molecule has 1 saturated heterocycles. The van der Waals surface area contributed by atoms with Crippen LogP contribution in [0.3, 0.4) is 0 Å². The van der Waals surface area contributed by atoms with Crippen LogP contribution in [0.4, 0.5) is 4.39 Å². The van der Waals surface area contributed by atoms with Crippen LogP contribution >= 0.6 is 11.6 Å². The summed E-state index contributed by atoms with van der Waals surface area (Å²) in [4.78, 5) is 4.60. The van der Waals surface area contributed by atoms with Crippen molar-refractivity contribution in [3.05, 3.63) is 64.4 Å². The van der Waals surface area contributed by atoms with Gasteiger partial charge in [0, 0.05) is 62.0 Å². The van der Waals surface area contributed by atoms with Gasteiger partial charge in [-0.15, -0.1) is 0 Å². The van der Waals surface area contributed by atoms with Gasteiger partial charge in [-0.3, -0.25) is 9.80 Å². The van der Waals surface area contributed by atoms with E-state index in [0.717, 1.165) is 36.8 Å². The summed E-state index contributed by atoms with van der Waals surface area (Å²) < 4.78 is 19.4. The smallest absolute Gasteiger partial charge is 0.131 e. The molecule has 6 heteroatoms. The average molecular weight is 393 g/mol. The van der Waals surface area contributed by atoms with Crippen LogP contribution in [0.2, 0.25) is 5.02 Å². The minimum atomic E-state index is -0.254. The summed E-state index contributed by atoms with van der Waals surface area (Å²) in [6, 6.07) is 13.0. The second-order valence-corrected chi connectivity index (χ2v) is 7.33. The van der Waals surface area contributed by atoms with Crippen molar-refractivity contribution >= 4 is 11.6 Å². The minimum Gasteiger partial charge on any atom is -0.497 e. The molecule has 4 nitrogen and oxygen atoms in total. The Morgan fingerprint density at radius 2 is 1.96 bits per heavy atom. The van der Waals surface area contributed by atoms with E-state index in [1.165, 1.54) is 13.2 Å². The van der Waals surface area contributed by atoms with Crippen LogP contribution in [-0.4, -0.2) is 54.3 Å². The monoisotopic (exact) mass is 392 g/mol. The molecule has 0 aromatic heterocycles. The van der Waals surface area contributed by atoms with Crippen molar-refractivity contribution in [1.82, 2.24) is 9.80 Å². The van der Waals surface area contributed by atoms with Gasteiger partial charge in [-0.05, 0) is 24.1 Å². The number of nitrogens with zero attached hydrogens (tertiary/aromatic N) is 2. The summed E-state index contributed by atoms with van der Waals surface area (Å²) in [5, 5.41) is 10.3. The molecule has 0 radical (unpaired) electrons. The van der Waals surface area contributed by atoms with Crippen molar-refractivity contribution < 1.29 is 14.2 Å². The maximum Gasteiger partial charge on any atom is 0.131 e. The topological polar surface area (TPSA) is 35.9 Å². The van der Waals surface area contributed by atoms with Crippen LogP contribution in [0.5, 0.6) is 5.75 Å². The SMILES string of the molecule is COc1ccc(CN2CCN(Cc3ccccc3Cl)C[C@@H]2CCO)c(F)c1. The van der Waals surface area contributed by atoms with Crippen molar-refractivity contribution in [3.8, 4) is 5.75 Å². The second kappa shape index (κ2) is 9.51. The highest BCUT2D eigenvalue weighted by atomic mass is 35.5. The maximum absolute atomic E-state index is 14.3. The normalized spacial score (nSPS) is 18.6. The molecule has 2 aromatic carbocycles. The predicted molar refractivity (Wildman–Crippen MR) is 106 cm³/mol. The molecule has 1 fully saturated rings. The van der Waals surface area contributed by atoms with Crippen LogP contribution < -0.4 is 4.74 Å². The summed E-state index contributed by atoms with van der Waals surface area (Å²) >= 11 is 6.29. The van der Waals surface area contributed by atoms with Crippen LogP contribution in [0, 0.1) is 5.82 Å². The highest BCUT2D eigenvalue weighted by Crippen LogP contribution is 2.23. The maximum atomic E-state index is 14.3. The molecule has 0 unspecified atom stereocenters. The van der Waals surface area contributed by atoms with Crippen molar-refractivity contribution in [2.24, 2.45) is 0 Å². The molecule has 3 rings (SSSR count). The van der Waals surface area contributed by atoms with E-state index in [9.17, 15) is 9.50 Å². The molecule has 0 amide bonds. The van der Waals surface area contributed by atoms with E-state index in [1.54, 1.807) is 12.1 Å². The highest BCUT2D eigenvalue weighted by Gasteiger charge is 2.27. The predicted octanol–water partition coefficient (Wildman–Crippen LogP) is 3.56. The first-order chi connectivity index (χ1) is 13.1. The first-order valence-corrected chi connectivity index (χ1v) is 9.61. The van der Waals surface area contributed by atoms with Gasteiger partial charge in [-0.1, -0.05) is 35.9 Å². The first kappa shape index (κ1) is 20.1. The van der Waals surface area contributed by atoms with Gasteiger partial charge in [0.1, 0.15) is 11.6 Å². The largest absolute Gasteiger partial charge is 0.497 e. The number of hydrogen-bond donors (Lipinski definition) is 1. The Labute approximate surface area is 165 Å². The van der Waals surface area contributed by atoms with E-state index in [2.05, 4.69) is 9.80 Å². The Morgan fingerprint density at radius 1 is 1.15 bits per heavy atom. The molecular formula is C21H26ClFN2O2. The van der Waals surface area contributed by atoms with Crippen molar-refractivity contribution in [1.29, 1.82) is 0 Å². The fourth-order valence-corrected chi connectivity index (χ4v) is 3.80. The Hall–Kier alpha value is -1.66. The van der Waals surface area contributed by atoms with E-state index >= 15 is 0 Å². The van der Waals surface area contributed by atoms with Crippen LogP contribution in [0.25, 0.3) is 0 Å². The van der Waals surface area contributed by atoms with Gasteiger partial charge >= 0.3 is 0 Å². The zero-order valence-electron chi connectivity index (χ0n) is 15.6. The van der Waals surface area contributed by atoms with Gasteiger partial charge < -0.3 is 9.84 Å². The average Bonchev–Trinajstić information content (AvgIpc) is 2.67. The second-order valence-electron chi connectivity index (χ2n) is 6.92. The van der Waals surface area contributed by atoms with Crippen molar-refractivity contribution in [3.63, 3.8) is 0 Å². The number of aliphatic hydroxyl groups excluding tert-OH is 1. The number of ether oxygens (including phenoxy) is 1. The van der Waals surface area contributed by atoms with E-state index in [4.69, 9.17) is 16.3 Å². The Morgan fingerprint density at radius 3 is 2.67 bits per heavy atom. The number of aliphatic hydroxyl groups is 1. The van der Waals surface area contributed by atoms with Crippen molar-refractivity contribution in [2.45, 2.75) is 25.6 Å². The van der Waals surface area contributed by atoms with Crippen LogP contribution in [0.15, 0.2) is 42.5 Å². The zero-order valence-corrected chi connectivity index (χ0v) is 16.3. The lowest BCUT2D eigenvalue weighted by atomic mass is 10.1. The van der Waals surface area contributed by atoms with Crippen LogP contribution in [0.1, 0.15) is 17.5 Å². The Balaban J connectivity index is 1.66. The molecule has 0 saturated carbocycles.